The maximum Gasteiger partial charge on any atom is 0.216 e. The highest BCUT2D eigenvalue weighted by atomic mass is 35.5. The lowest BCUT2D eigenvalue weighted by Crippen LogP contribution is -2.00. The quantitative estimate of drug-likeness (QED) is 0.272. The smallest absolute Gasteiger partial charge is 0.216 e. The predicted molar refractivity (Wildman–Crippen MR) is 125 cm³/mol. The van der Waals surface area contributed by atoms with E-state index in [1.807, 2.05) is 30.3 Å². The van der Waals surface area contributed by atoms with Gasteiger partial charge in [-0.2, -0.15) is 14.9 Å². The van der Waals surface area contributed by atoms with Crippen LogP contribution in [0.5, 0.6) is 11.5 Å². The molecular formula is C23H18ClFN4O2S. The molecular weight excluding hydrogens is 451 g/mol. The minimum absolute atomic E-state index is 0.145. The van der Waals surface area contributed by atoms with Crippen molar-refractivity contribution in [3.05, 3.63) is 93.5 Å². The third-order valence-electron chi connectivity index (χ3n) is 4.53. The topological polar surface area (TPSA) is 64.4 Å². The molecule has 0 saturated carbocycles. The first-order chi connectivity index (χ1) is 15.5. The van der Waals surface area contributed by atoms with Crippen molar-refractivity contribution in [3.8, 4) is 22.9 Å². The maximum absolute atomic E-state index is 13.4. The van der Waals surface area contributed by atoms with Crippen LogP contribution in [0, 0.1) is 10.6 Å². The average Bonchev–Trinajstić information content (AvgIpc) is 3.17. The molecule has 0 radical (unpaired) electrons. The Morgan fingerprint density at radius 2 is 1.97 bits per heavy atom. The summed E-state index contributed by atoms with van der Waals surface area (Å²) in [6.45, 7) is 0.145. The molecule has 9 heteroatoms. The minimum Gasteiger partial charge on any atom is -0.493 e. The Kier molecular flexibility index (Phi) is 6.63. The van der Waals surface area contributed by atoms with Gasteiger partial charge in [-0.3, -0.25) is 0 Å². The second kappa shape index (κ2) is 9.76. The first-order valence-electron chi connectivity index (χ1n) is 9.57. The third-order valence-corrected chi connectivity index (χ3v) is 5.07. The van der Waals surface area contributed by atoms with E-state index >= 15 is 0 Å². The first kappa shape index (κ1) is 21.7. The van der Waals surface area contributed by atoms with Crippen LogP contribution >= 0.6 is 23.8 Å². The van der Waals surface area contributed by atoms with Gasteiger partial charge >= 0.3 is 0 Å². The summed E-state index contributed by atoms with van der Waals surface area (Å²) in [4.78, 5) is 0. The Bertz CT molecular complexity index is 1320. The number of nitrogens with zero attached hydrogens (tertiary/aromatic N) is 3. The predicted octanol–water partition coefficient (Wildman–Crippen LogP) is 5.87. The van der Waals surface area contributed by atoms with Crippen molar-refractivity contribution in [2.45, 2.75) is 6.61 Å². The molecule has 0 aliphatic rings. The molecule has 6 nitrogen and oxygen atoms in total. The summed E-state index contributed by atoms with van der Waals surface area (Å²) in [5.74, 6) is 1.04. The van der Waals surface area contributed by atoms with E-state index in [0.717, 1.165) is 5.56 Å². The number of H-pyrrole nitrogens is 1. The van der Waals surface area contributed by atoms with Crippen molar-refractivity contribution in [1.82, 2.24) is 14.9 Å². The number of benzene rings is 3. The summed E-state index contributed by atoms with van der Waals surface area (Å²) in [6.07, 6.45) is 1.60. The average molecular weight is 469 g/mol. The van der Waals surface area contributed by atoms with Crippen molar-refractivity contribution in [3.63, 3.8) is 0 Å². The Hall–Kier alpha value is -3.49. The molecule has 1 aromatic heterocycles. The SMILES string of the molecule is COc1cc(/C=N\n2c(-c3ccccc3)n[nH]c2=S)cc(Cl)c1OCc1cccc(F)c1. The molecule has 0 aliphatic heterocycles. The first-order valence-corrected chi connectivity index (χ1v) is 10.4. The molecule has 3 aromatic carbocycles. The van der Waals surface area contributed by atoms with Crippen molar-refractivity contribution < 1.29 is 13.9 Å². The van der Waals surface area contributed by atoms with Crippen LogP contribution in [-0.4, -0.2) is 28.2 Å². The number of rotatable bonds is 7. The summed E-state index contributed by atoms with van der Waals surface area (Å²) in [5.41, 5.74) is 2.22. The number of nitrogens with one attached hydrogen (secondary N) is 1. The normalized spacial score (nSPS) is 11.1. The van der Waals surface area contributed by atoms with Gasteiger partial charge in [0.25, 0.3) is 0 Å². The van der Waals surface area contributed by atoms with E-state index in [2.05, 4.69) is 15.3 Å². The van der Waals surface area contributed by atoms with Gasteiger partial charge in [0.15, 0.2) is 17.3 Å². The Balaban J connectivity index is 1.59. The number of hydrogen-bond donors (Lipinski definition) is 1. The zero-order valence-electron chi connectivity index (χ0n) is 17.0. The molecule has 32 heavy (non-hydrogen) atoms. The number of hydrogen-bond acceptors (Lipinski definition) is 5. The fraction of sp³-hybridized carbons (Fsp3) is 0.0870. The fourth-order valence-corrected chi connectivity index (χ4v) is 3.49. The van der Waals surface area contributed by atoms with Crippen molar-refractivity contribution in [2.75, 3.05) is 7.11 Å². The van der Waals surface area contributed by atoms with Crippen molar-refractivity contribution >= 4 is 30.0 Å². The van der Waals surface area contributed by atoms with Gasteiger partial charge < -0.3 is 9.47 Å². The number of ether oxygens (including phenoxy) is 2. The van der Waals surface area contributed by atoms with Crippen LogP contribution in [0.2, 0.25) is 5.02 Å². The van der Waals surface area contributed by atoms with Gasteiger partial charge in [0.2, 0.25) is 4.77 Å². The van der Waals surface area contributed by atoms with E-state index in [1.165, 1.54) is 23.9 Å². The zero-order valence-corrected chi connectivity index (χ0v) is 18.5. The summed E-state index contributed by atoms with van der Waals surface area (Å²) in [7, 11) is 1.52. The Morgan fingerprint density at radius 3 is 2.72 bits per heavy atom. The van der Waals surface area contributed by atoms with Gasteiger partial charge in [0.05, 0.1) is 18.3 Å². The zero-order chi connectivity index (χ0) is 22.5. The Labute approximate surface area is 193 Å². The lowest BCUT2D eigenvalue weighted by atomic mass is 10.2. The molecule has 4 rings (SSSR count). The van der Waals surface area contributed by atoms with E-state index < -0.39 is 0 Å². The monoisotopic (exact) mass is 468 g/mol. The molecule has 4 aromatic rings. The van der Waals surface area contributed by atoms with Crippen LogP contribution in [-0.2, 0) is 6.61 Å². The highest BCUT2D eigenvalue weighted by Crippen LogP contribution is 2.36. The number of aromatic nitrogens is 3. The number of aromatic amines is 1. The Morgan fingerprint density at radius 1 is 1.16 bits per heavy atom. The van der Waals surface area contributed by atoms with Crippen molar-refractivity contribution in [2.24, 2.45) is 5.10 Å². The molecule has 0 aliphatic carbocycles. The molecule has 1 heterocycles. The number of halogens is 2. The summed E-state index contributed by atoms with van der Waals surface area (Å²) in [5, 5.41) is 11.8. The summed E-state index contributed by atoms with van der Waals surface area (Å²) in [6, 6.07) is 19.2. The van der Waals surface area contributed by atoms with Crippen LogP contribution in [0.15, 0.2) is 71.8 Å². The van der Waals surface area contributed by atoms with Gasteiger partial charge in [0, 0.05) is 5.56 Å². The van der Waals surface area contributed by atoms with Gasteiger partial charge in [-0.15, -0.1) is 0 Å². The second-order valence-corrected chi connectivity index (χ2v) is 7.52. The highest BCUT2D eigenvalue weighted by Gasteiger charge is 2.13. The van der Waals surface area contributed by atoms with Gasteiger partial charge in [-0.25, -0.2) is 9.49 Å². The molecule has 1 N–H and O–H groups in total. The van der Waals surface area contributed by atoms with E-state index in [-0.39, 0.29) is 12.4 Å². The molecule has 0 fully saturated rings. The van der Waals surface area contributed by atoms with Crippen molar-refractivity contribution in [1.29, 1.82) is 0 Å². The molecule has 0 bridgehead atoms. The highest BCUT2D eigenvalue weighted by molar-refractivity contribution is 7.71. The van der Waals surface area contributed by atoms with Crippen LogP contribution in [0.3, 0.4) is 0 Å². The molecule has 0 saturated heterocycles. The van der Waals surface area contributed by atoms with Crippen LogP contribution in [0.4, 0.5) is 4.39 Å². The number of methoxy groups -OCH3 is 1. The molecule has 0 atom stereocenters. The maximum atomic E-state index is 13.4. The largest absolute Gasteiger partial charge is 0.493 e. The molecule has 0 amide bonds. The van der Waals surface area contributed by atoms with Crippen LogP contribution in [0.25, 0.3) is 11.4 Å². The van der Waals surface area contributed by atoms with E-state index in [4.69, 9.17) is 33.3 Å². The standard InChI is InChI=1S/C23H18ClFN4O2S/c1-30-20-12-16(11-19(24)21(20)31-14-15-6-5-9-18(25)10-15)13-26-29-22(27-28-23(29)32)17-7-3-2-4-8-17/h2-13H,14H2,1H3,(H,28,32)/b26-13-. The van der Waals surface area contributed by atoms with Crippen LogP contribution in [0.1, 0.15) is 11.1 Å². The molecule has 162 valence electrons. The second-order valence-electron chi connectivity index (χ2n) is 6.73. The summed E-state index contributed by atoms with van der Waals surface area (Å²) < 4.78 is 26.5. The van der Waals surface area contributed by atoms with Gasteiger partial charge in [-0.1, -0.05) is 54.1 Å². The van der Waals surface area contributed by atoms with Gasteiger partial charge in [0.1, 0.15) is 12.4 Å². The fourth-order valence-electron chi connectivity index (χ4n) is 3.03. The molecule has 0 unspecified atom stereocenters. The van der Waals surface area contributed by atoms with Gasteiger partial charge in [-0.05, 0) is 47.6 Å². The van der Waals surface area contributed by atoms with E-state index in [0.29, 0.717) is 38.2 Å². The third kappa shape index (κ3) is 4.87. The molecule has 0 spiro atoms. The van der Waals surface area contributed by atoms with Crippen LogP contribution < -0.4 is 9.47 Å². The van der Waals surface area contributed by atoms with E-state index in [1.54, 1.807) is 30.5 Å². The summed E-state index contributed by atoms with van der Waals surface area (Å²) >= 11 is 11.8. The lowest BCUT2D eigenvalue weighted by molar-refractivity contribution is 0.284. The minimum atomic E-state index is -0.330. The van der Waals surface area contributed by atoms with E-state index in [9.17, 15) is 4.39 Å². The lowest BCUT2D eigenvalue weighted by Gasteiger charge is -2.13.